The summed E-state index contributed by atoms with van der Waals surface area (Å²) in [5.74, 6) is -0.672. The average Bonchev–Trinajstić information content (AvgIpc) is 3.00. The molecule has 1 heterocycles. The maximum atomic E-state index is 12.2. The van der Waals surface area contributed by atoms with Gasteiger partial charge in [-0.1, -0.05) is 0 Å². The summed E-state index contributed by atoms with van der Waals surface area (Å²) in [5, 5.41) is 10.8. The van der Waals surface area contributed by atoms with E-state index >= 15 is 0 Å². The lowest BCUT2D eigenvalue weighted by Gasteiger charge is -2.18. The zero-order valence-corrected chi connectivity index (χ0v) is 11.4. The van der Waals surface area contributed by atoms with E-state index in [9.17, 15) is 9.59 Å². The van der Waals surface area contributed by atoms with Crippen LogP contribution in [0.1, 0.15) is 29.7 Å². The molecule has 0 aliphatic heterocycles. The molecule has 1 fully saturated rings. The van der Waals surface area contributed by atoms with Crippen molar-refractivity contribution >= 4 is 23.2 Å². The molecule has 2 rings (SSSR count). The topological polar surface area (TPSA) is 57.6 Å². The van der Waals surface area contributed by atoms with E-state index < -0.39 is 5.97 Å². The summed E-state index contributed by atoms with van der Waals surface area (Å²) in [6.07, 6.45) is 0.857. The summed E-state index contributed by atoms with van der Waals surface area (Å²) in [7, 11) is 0. The van der Waals surface area contributed by atoms with Crippen molar-refractivity contribution in [1.29, 1.82) is 0 Å². The van der Waals surface area contributed by atoms with Gasteiger partial charge in [-0.2, -0.15) is 0 Å². The predicted molar refractivity (Wildman–Crippen MR) is 69.8 cm³/mol. The zero-order chi connectivity index (χ0) is 13.3. The van der Waals surface area contributed by atoms with Crippen molar-refractivity contribution in [3.63, 3.8) is 0 Å². The first-order chi connectivity index (χ1) is 8.54. The molecular weight excluding hydrogens is 250 g/mol. The number of aryl methyl sites for hydroxylation is 1. The minimum absolute atomic E-state index is 0.0124. The van der Waals surface area contributed by atoms with Gasteiger partial charge in [-0.15, -0.1) is 11.3 Å². The minimum Gasteiger partial charge on any atom is -0.480 e. The molecule has 1 aliphatic carbocycles. The van der Waals surface area contributed by atoms with Gasteiger partial charge in [0, 0.05) is 23.3 Å². The lowest BCUT2D eigenvalue weighted by molar-refractivity contribution is -0.144. The number of carboxylic acids is 1. The normalized spacial score (nSPS) is 21.7. The van der Waals surface area contributed by atoms with Crippen LogP contribution in [-0.4, -0.2) is 35.0 Å². The van der Waals surface area contributed by atoms with E-state index in [1.165, 1.54) is 15.3 Å². The molecule has 1 amide bonds. The number of nitrogens with zero attached hydrogens (tertiary/aromatic N) is 1. The molecule has 0 aromatic carbocycles. The Balaban J connectivity index is 2.00. The van der Waals surface area contributed by atoms with Crippen LogP contribution in [0.4, 0.5) is 0 Å². The number of carboxylic acid groups (broad SMARTS) is 1. The van der Waals surface area contributed by atoms with Gasteiger partial charge in [0.2, 0.25) is 5.91 Å². The number of hydrogen-bond acceptors (Lipinski definition) is 3. The Bertz CT molecular complexity index is 469. The summed E-state index contributed by atoms with van der Waals surface area (Å²) in [6.45, 7) is 4.13. The fourth-order valence-electron chi connectivity index (χ4n) is 2.27. The van der Waals surface area contributed by atoms with E-state index in [-0.39, 0.29) is 18.4 Å². The van der Waals surface area contributed by atoms with Crippen molar-refractivity contribution in [2.24, 2.45) is 5.92 Å². The average molecular weight is 267 g/mol. The van der Waals surface area contributed by atoms with Gasteiger partial charge < -0.3 is 10.0 Å². The third kappa shape index (κ3) is 2.56. The van der Waals surface area contributed by atoms with Gasteiger partial charge in [0.25, 0.3) is 0 Å². The second-order valence-corrected chi connectivity index (χ2v) is 5.61. The molecule has 1 N–H and O–H groups in total. The van der Waals surface area contributed by atoms with Crippen LogP contribution >= 0.6 is 11.3 Å². The van der Waals surface area contributed by atoms with Gasteiger partial charge in [-0.05, 0) is 37.3 Å². The van der Waals surface area contributed by atoms with Crippen molar-refractivity contribution in [2.45, 2.75) is 26.2 Å². The lowest BCUT2D eigenvalue weighted by Crippen LogP contribution is -2.36. The zero-order valence-electron chi connectivity index (χ0n) is 10.5. The molecule has 98 valence electrons. The van der Waals surface area contributed by atoms with Crippen LogP contribution in [0.3, 0.4) is 0 Å². The number of thiophene rings is 1. The molecule has 0 unspecified atom stereocenters. The summed E-state index contributed by atoms with van der Waals surface area (Å²) in [6, 6.07) is 2.06. The minimum atomic E-state index is -0.949. The molecule has 2 atom stereocenters. The number of carbonyl (C=O) groups is 2. The van der Waals surface area contributed by atoms with Crippen molar-refractivity contribution in [3.8, 4) is 0 Å². The molecule has 4 nitrogen and oxygen atoms in total. The largest absolute Gasteiger partial charge is 0.480 e. The van der Waals surface area contributed by atoms with Crippen LogP contribution in [0.2, 0.25) is 0 Å². The number of amides is 1. The Morgan fingerprint density at radius 2 is 2.28 bits per heavy atom. The molecule has 1 aromatic rings. The Morgan fingerprint density at radius 3 is 2.78 bits per heavy atom. The highest BCUT2D eigenvalue weighted by atomic mass is 32.1. The van der Waals surface area contributed by atoms with Gasteiger partial charge in [0.15, 0.2) is 0 Å². The molecule has 0 spiro atoms. The lowest BCUT2D eigenvalue weighted by atomic mass is 10.2. The number of carbonyl (C=O) groups excluding carboxylic acids is 1. The van der Waals surface area contributed by atoms with Crippen LogP contribution in [0, 0.1) is 12.8 Å². The monoisotopic (exact) mass is 267 g/mol. The summed E-state index contributed by atoms with van der Waals surface area (Å²) in [5.41, 5.74) is 1.24. The van der Waals surface area contributed by atoms with Gasteiger partial charge in [0.1, 0.15) is 6.54 Å². The van der Waals surface area contributed by atoms with Gasteiger partial charge in [-0.25, -0.2) is 0 Å². The number of aliphatic carboxylic acids is 1. The van der Waals surface area contributed by atoms with Crippen LogP contribution in [-0.2, 0) is 9.59 Å². The van der Waals surface area contributed by atoms with E-state index in [0.717, 1.165) is 6.42 Å². The number of rotatable bonds is 5. The van der Waals surface area contributed by atoms with E-state index in [4.69, 9.17) is 5.11 Å². The van der Waals surface area contributed by atoms with Crippen LogP contribution in [0.15, 0.2) is 11.4 Å². The third-order valence-electron chi connectivity index (χ3n) is 3.37. The maximum Gasteiger partial charge on any atom is 0.323 e. The van der Waals surface area contributed by atoms with Crippen LogP contribution < -0.4 is 0 Å². The van der Waals surface area contributed by atoms with Crippen molar-refractivity contribution < 1.29 is 14.7 Å². The molecule has 0 bridgehead atoms. The number of likely N-dealkylation sites (N-methyl/N-ethyl adjacent to an activating group) is 1. The Morgan fingerprint density at radius 1 is 1.56 bits per heavy atom. The van der Waals surface area contributed by atoms with E-state index in [1.54, 1.807) is 11.3 Å². The highest BCUT2D eigenvalue weighted by Crippen LogP contribution is 2.51. The second kappa shape index (κ2) is 5.10. The highest BCUT2D eigenvalue weighted by molar-refractivity contribution is 7.10. The summed E-state index contributed by atoms with van der Waals surface area (Å²) in [4.78, 5) is 25.5. The summed E-state index contributed by atoms with van der Waals surface area (Å²) < 4.78 is 0. The molecule has 0 saturated heterocycles. The standard InChI is InChI=1S/C13H17NO3S/c1-3-14(7-11(15)16)13(17)10-6-9(10)12-8(2)4-5-18-12/h4-5,9-10H,3,6-7H2,1-2H3,(H,15,16)/t9-,10-/m1/s1. The SMILES string of the molecule is CCN(CC(=O)O)C(=O)[C@@H]1C[C@H]1c1sccc1C. The first-order valence-corrected chi connectivity index (χ1v) is 6.97. The first kappa shape index (κ1) is 13.1. The quantitative estimate of drug-likeness (QED) is 0.888. The Hall–Kier alpha value is -1.36. The Kier molecular flexibility index (Phi) is 3.71. The fourth-order valence-corrected chi connectivity index (χ4v) is 3.37. The molecular formula is C13H17NO3S. The Labute approximate surface area is 110 Å². The number of hydrogen-bond donors (Lipinski definition) is 1. The fraction of sp³-hybridized carbons (Fsp3) is 0.538. The molecule has 18 heavy (non-hydrogen) atoms. The third-order valence-corrected chi connectivity index (χ3v) is 4.52. The van der Waals surface area contributed by atoms with E-state index in [0.29, 0.717) is 12.5 Å². The molecule has 1 saturated carbocycles. The molecule has 5 heteroatoms. The van der Waals surface area contributed by atoms with Crippen molar-refractivity contribution in [2.75, 3.05) is 13.1 Å². The van der Waals surface area contributed by atoms with Crippen LogP contribution in [0.5, 0.6) is 0 Å². The second-order valence-electron chi connectivity index (χ2n) is 4.66. The van der Waals surface area contributed by atoms with Crippen molar-refractivity contribution in [3.05, 3.63) is 21.9 Å². The van der Waals surface area contributed by atoms with Crippen molar-refractivity contribution in [1.82, 2.24) is 4.90 Å². The molecule has 1 aliphatic rings. The smallest absolute Gasteiger partial charge is 0.323 e. The van der Waals surface area contributed by atoms with Crippen LogP contribution in [0.25, 0.3) is 0 Å². The highest BCUT2D eigenvalue weighted by Gasteiger charge is 2.46. The molecule has 1 aromatic heterocycles. The van der Waals surface area contributed by atoms with Gasteiger partial charge in [0.05, 0.1) is 0 Å². The predicted octanol–water partition coefficient (Wildman–Crippen LogP) is 2.09. The van der Waals surface area contributed by atoms with E-state index in [2.05, 4.69) is 13.0 Å². The van der Waals surface area contributed by atoms with E-state index in [1.807, 2.05) is 12.3 Å². The maximum absolute atomic E-state index is 12.2. The van der Waals surface area contributed by atoms with Gasteiger partial charge >= 0.3 is 5.97 Å². The molecule has 0 radical (unpaired) electrons. The van der Waals surface area contributed by atoms with Gasteiger partial charge in [-0.3, -0.25) is 9.59 Å². The summed E-state index contributed by atoms with van der Waals surface area (Å²) >= 11 is 1.69. The first-order valence-electron chi connectivity index (χ1n) is 6.09.